The molecule has 0 unspecified atom stereocenters. The number of amides is 2. The van der Waals surface area contributed by atoms with E-state index in [4.69, 9.17) is 0 Å². The third kappa shape index (κ3) is 5.57. The summed E-state index contributed by atoms with van der Waals surface area (Å²) in [5.74, 6) is -0.498. The van der Waals surface area contributed by atoms with Gasteiger partial charge in [0.2, 0.25) is 21.8 Å². The van der Waals surface area contributed by atoms with Crippen LogP contribution in [0.5, 0.6) is 0 Å². The van der Waals surface area contributed by atoms with Gasteiger partial charge in [0, 0.05) is 30.2 Å². The van der Waals surface area contributed by atoms with E-state index in [1.165, 1.54) is 18.6 Å². The predicted octanol–water partition coefficient (Wildman–Crippen LogP) is 2.88. The lowest BCUT2D eigenvalue weighted by Gasteiger charge is -2.31. The van der Waals surface area contributed by atoms with Gasteiger partial charge in [0.25, 0.3) is 0 Å². The van der Waals surface area contributed by atoms with Crippen molar-refractivity contribution in [2.75, 3.05) is 11.9 Å². The molecule has 29 heavy (non-hydrogen) atoms. The molecule has 1 aromatic carbocycles. The molecule has 1 heterocycles. The average Bonchev–Trinajstić information content (AvgIpc) is 3.03. The first-order valence-electron chi connectivity index (χ1n) is 10.3. The molecule has 2 fully saturated rings. The van der Waals surface area contributed by atoms with Crippen molar-refractivity contribution in [1.82, 2.24) is 9.62 Å². The van der Waals surface area contributed by atoms with Crippen LogP contribution in [0.25, 0.3) is 0 Å². The molecular formula is C21H31N3O4S. The molecule has 0 aromatic heterocycles. The molecule has 3 rings (SSSR count). The molecule has 160 valence electrons. The number of sulfonamides is 1. The van der Waals surface area contributed by atoms with Gasteiger partial charge in [-0.05, 0) is 57.9 Å². The van der Waals surface area contributed by atoms with Crippen LogP contribution in [0.15, 0.2) is 29.2 Å². The van der Waals surface area contributed by atoms with Crippen LogP contribution in [0, 0.1) is 5.92 Å². The molecule has 1 aliphatic carbocycles. The molecule has 7 nitrogen and oxygen atoms in total. The zero-order valence-corrected chi connectivity index (χ0v) is 18.2. The summed E-state index contributed by atoms with van der Waals surface area (Å²) in [4.78, 5) is 27.0. The fraction of sp³-hybridized carbons (Fsp3) is 0.619. The van der Waals surface area contributed by atoms with Crippen LogP contribution in [0.4, 0.5) is 5.69 Å². The van der Waals surface area contributed by atoms with Crippen LogP contribution in [-0.4, -0.2) is 43.3 Å². The lowest BCUT2D eigenvalue weighted by atomic mass is 9.94. The largest absolute Gasteiger partial charge is 0.339 e. The minimum Gasteiger partial charge on any atom is -0.339 e. The number of nitrogens with one attached hydrogen (secondary N) is 2. The van der Waals surface area contributed by atoms with E-state index in [1.807, 2.05) is 4.90 Å². The van der Waals surface area contributed by atoms with Gasteiger partial charge >= 0.3 is 0 Å². The molecule has 1 aliphatic heterocycles. The number of rotatable bonds is 5. The van der Waals surface area contributed by atoms with Gasteiger partial charge in [-0.1, -0.05) is 19.3 Å². The van der Waals surface area contributed by atoms with E-state index in [0.29, 0.717) is 12.2 Å². The van der Waals surface area contributed by atoms with E-state index >= 15 is 0 Å². The van der Waals surface area contributed by atoms with Gasteiger partial charge < -0.3 is 10.2 Å². The number of nitrogens with zero attached hydrogens (tertiary/aromatic N) is 1. The SMILES string of the molecule is CC(C)(C)NS(=O)(=O)c1ccc(NC(=O)[C@@H]2CC(=O)N(C3CCCCC3)C2)cc1. The minimum atomic E-state index is -3.62. The first kappa shape index (κ1) is 21.8. The Labute approximate surface area is 173 Å². The third-order valence-corrected chi connectivity index (χ3v) is 7.19. The maximum atomic E-state index is 12.6. The van der Waals surface area contributed by atoms with Crippen molar-refractivity contribution in [3.8, 4) is 0 Å². The highest BCUT2D eigenvalue weighted by Crippen LogP contribution is 2.29. The Morgan fingerprint density at radius 3 is 2.28 bits per heavy atom. The number of anilines is 1. The molecule has 8 heteroatoms. The van der Waals surface area contributed by atoms with Crippen LogP contribution in [0.3, 0.4) is 0 Å². The summed E-state index contributed by atoms with van der Waals surface area (Å²) in [5, 5.41) is 2.82. The molecule has 2 amide bonds. The molecule has 0 radical (unpaired) electrons. The van der Waals surface area contributed by atoms with Crippen molar-refractivity contribution < 1.29 is 18.0 Å². The Bertz CT molecular complexity index is 853. The number of benzene rings is 1. The summed E-state index contributed by atoms with van der Waals surface area (Å²) >= 11 is 0. The van der Waals surface area contributed by atoms with Crippen molar-refractivity contribution in [3.63, 3.8) is 0 Å². The zero-order valence-electron chi connectivity index (χ0n) is 17.4. The van der Waals surface area contributed by atoms with E-state index in [-0.39, 0.29) is 35.1 Å². The Balaban J connectivity index is 1.60. The lowest BCUT2D eigenvalue weighted by molar-refractivity contribution is -0.130. The fourth-order valence-corrected chi connectivity index (χ4v) is 5.50. The predicted molar refractivity (Wildman–Crippen MR) is 112 cm³/mol. The summed E-state index contributed by atoms with van der Waals surface area (Å²) < 4.78 is 27.3. The summed E-state index contributed by atoms with van der Waals surface area (Å²) in [5.41, 5.74) is -0.0569. The zero-order chi connectivity index (χ0) is 21.2. The first-order chi connectivity index (χ1) is 13.5. The van der Waals surface area contributed by atoms with Gasteiger partial charge in [-0.3, -0.25) is 9.59 Å². The molecule has 1 saturated carbocycles. The summed E-state index contributed by atoms with van der Waals surface area (Å²) in [6.07, 6.45) is 5.80. The van der Waals surface area contributed by atoms with Crippen molar-refractivity contribution in [2.45, 2.75) is 75.8 Å². The smallest absolute Gasteiger partial charge is 0.241 e. The van der Waals surface area contributed by atoms with Gasteiger partial charge in [0.15, 0.2) is 0 Å². The number of hydrogen-bond acceptors (Lipinski definition) is 4. The van der Waals surface area contributed by atoms with Crippen LogP contribution >= 0.6 is 0 Å². The van der Waals surface area contributed by atoms with E-state index in [9.17, 15) is 18.0 Å². The molecule has 0 spiro atoms. The maximum Gasteiger partial charge on any atom is 0.241 e. The second kappa shape index (κ2) is 8.44. The fourth-order valence-electron chi connectivity index (χ4n) is 4.08. The van der Waals surface area contributed by atoms with E-state index < -0.39 is 15.6 Å². The molecule has 1 saturated heterocycles. The number of carbonyl (C=O) groups is 2. The van der Waals surface area contributed by atoms with Crippen LogP contribution < -0.4 is 10.0 Å². The second-order valence-corrected chi connectivity index (χ2v) is 10.8. The summed E-state index contributed by atoms with van der Waals surface area (Å²) in [6, 6.07) is 6.36. The van der Waals surface area contributed by atoms with Gasteiger partial charge in [-0.15, -0.1) is 0 Å². The Kier molecular flexibility index (Phi) is 6.33. The Morgan fingerprint density at radius 1 is 1.07 bits per heavy atom. The maximum absolute atomic E-state index is 12.6. The Hall–Kier alpha value is -1.93. The molecule has 1 aromatic rings. The number of hydrogen-bond donors (Lipinski definition) is 2. The van der Waals surface area contributed by atoms with E-state index in [2.05, 4.69) is 10.0 Å². The molecule has 0 bridgehead atoms. The monoisotopic (exact) mass is 421 g/mol. The molecule has 2 N–H and O–H groups in total. The standard InChI is InChI=1S/C21H31N3O4S/c1-21(2,3)23-29(27,28)18-11-9-16(10-12-18)22-20(26)15-13-19(25)24(14-15)17-7-5-4-6-8-17/h9-12,15,17,23H,4-8,13-14H2,1-3H3,(H,22,26)/t15-/m1/s1. The summed E-state index contributed by atoms with van der Waals surface area (Å²) in [6.45, 7) is 5.80. The normalized spacial score (nSPS) is 21.4. The Morgan fingerprint density at radius 2 is 1.69 bits per heavy atom. The first-order valence-corrected chi connectivity index (χ1v) is 11.8. The van der Waals surface area contributed by atoms with E-state index in [0.717, 1.165) is 25.7 Å². The van der Waals surface area contributed by atoms with Crippen molar-refractivity contribution in [1.29, 1.82) is 0 Å². The number of likely N-dealkylation sites (tertiary alicyclic amines) is 1. The van der Waals surface area contributed by atoms with Crippen LogP contribution in [-0.2, 0) is 19.6 Å². The van der Waals surface area contributed by atoms with Crippen molar-refractivity contribution >= 4 is 27.5 Å². The highest BCUT2D eigenvalue weighted by atomic mass is 32.2. The quantitative estimate of drug-likeness (QED) is 0.764. The minimum absolute atomic E-state index is 0.0618. The van der Waals surface area contributed by atoms with Gasteiger partial charge in [0.1, 0.15) is 0 Å². The van der Waals surface area contributed by atoms with Crippen LogP contribution in [0.1, 0.15) is 59.3 Å². The highest BCUT2D eigenvalue weighted by molar-refractivity contribution is 7.89. The van der Waals surface area contributed by atoms with E-state index in [1.54, 1.807) is 32.9 Å². The van der Waals surface area contributed by atoms with Crippen molar-refractivity contribution in [3.05, 3.63) is 24.3 Å². The lowest BCUT2D eigenvalue weighted by Crippen LogP contribution is -2.40. The van der Waals surface area contributed by atoms with Gasteiger partial charge in [-0.2, -0.15) is 0 Å². The summed E-state index contributed by atoms with van der Waals surface area (Å²) in [7, 11) is -3.62. The molecule has 1 atom stereocenters. The number of carbonyl (C=O) groups excluding carboxylic acids is 2. The highest BCUT2D eigenvalue weighted by Gasteiger charge is 2.38. The molecular weight excluding hydrogens is 390 g/mol. The average molecular weight is 422 g/mol. The van der Waals surface area contributed by atoms with Crippen LogP contribution in [0.2, 0.25) is 0 Å². The van der Waals surface area contributed by atoms with Gasteiger partial charge in [-0.25, -0.2) is 13.1 Å². The molecule has 2 aliphatic rings. The third-order valence-electron chi connectivity index (χ3n) is 5.42. The topological polar surface area (TPSA) is 95.6 Å². The van der Waals surface area contributed by atoms with Crippen molar-refractivity contribution in [2.24, 2.45) is 5.92 Å². The second-order valence-electron chi connectivity index (χ2n) is 9.11. The van der Waals surface area contributed by atoms with Gasteiger partial charge in [0.05, 0.1) is 10.8 Å².